The van der Waals surface area contributed by atoms with Crippen LogP contribution >= 0.6 is 0 Å². The number of ether oxygens (including phenoxy) is 1. The summed E-state index contributed by atoms with van der Waals surface area (Å²) in [5.74, 6) is 0.784. The largest absolute Gasteiger partial charge is 0.491 e. The quantitative estimate of drug-likeness (QED) is 0.211. The van der Waals surface area contributed by atoms with E-state index in [1.54, 1.807) is 18.6 Å². The lowest BCUT2D eigenvalue weighted by atomic mass is 9.73. The number of allylic oxidation sites excluding steroid dienone is 1. The highest BCUT2D eigenvalue weighted by Gasteiger charge is 2.36. The Balaban J connectivity index is 1.34. The maximum atomic E-state index is 14.8. The molecule has 0 fully saturated rings. The molecule has 1 aliphatic carbocycles. The van der Waals surface area contributed by atoms with Crippen molar-refractivity contribution in [1.82, 2.24) is 39.8 Å². The van der Waals surface area contributed by atoms with Crippen molar-refractivity contribution >= 4 is 27.0 Å². The second-order valence-corrected chi connectivity index (χ2v) is 13.3. The molecule has 0 radical (unpaired) electrons. The predicted octanol–water partition coefficient (Wildman–Crippen LogP) is 4.26. The number of pyridine rings is 2. The van der Waals surface area contributed by atoms with Gasteiger partial charge in [0.25, 0.3) is 0 Å². The molecule has 4 aromatic heterocycles. The molecule has 1 atom stereocenters. The summed E-state index contributed by atoms with van der Waals surface area (Å²) >= 11 is 0. The van der Waals surface area contributed by atoms with Gasteiger partial charge in [-0.05, 0) is 68.9 Å². The lowest BCUT2D eigenvalue weighted by Crippen LogP contribution is -2.27. The third-order valence-corrected chi connectivity index (χ3v) is 8.37. The molecular weight excluding hydrogens is 583 g/mol. The van der Waals surface area contributed by atoms with Crippen LogP contribution in [0, 0.1) is 5.82 Å². The first kappa shape index (κ1) is 29.6. The van der Waals surface area contributed by atoms with E-state index >= 15 is 0 Å². The molecule has 0 bridgehead atoms. The number of imidazole rings is 1. The Morgan fingerprint density at radius 1 is 1.14 bits per heavy atom. The van der Waals surface area contributed by atoms with Crippen molar-refractivity contribution in [2.75, 3.05) is 33.5 Å². The summed E-state index contributed by atoms with van der Waals surface area (Å²) in [4.78, 5) is 19.4. The molecule has 5 aromatic rings. The van der Waals surface area contributed by atoms with Crippen molar-refractivity contribution in [2.45, 2.75) is 25.3 Å². The van der Waals surface area contributed by atoms with Crippen LogP contribution in [0.1, 0.15) is 35.9 Å². The van der Waals surface area contributed by atoms with Crippen LogP contribution < -0.4 is 9.46 Å². The minimum atomic E-state index is -3.43. The molecule has 0 saturated heterocycles. The van der Waals surface area contributed by atoms with Crippen molar-refractivity contribution in [3.8, 4) is 28.5 Å². The first-order valence-corrected chi connectivity index (χ1v) is 16.0. The fourth-order valence-electron chi connectivity index (χ4n) is 5.34. The standard InChI is InChI=1S/C31H33FN8O3S/c1-31(21-10-19(11-22(32)13-21)15-35-44(4,41)42)7-5-6-25-29(31)37-30(36-25)28-24-14-26(34-18-27(24)38-39-28)20-12-23(17-33-16-20)43-9-8-40(2)3/h5-6,10-14,16-18,35H,7-9,15H2,1-4H3,(H,36,37)(H,38,39). The molecule has 1 aliphatic rings. The summed E-state index contributed by atoms with van der Waals surface area (Å²) in [7, 11) is 0.551. The molecular formula is C31H33FN8O3S. The number of sulfonamides is 1. The van der Waals surface area contributed by atoms with Crippen LogP contribution in [0.25, 0.3) is 39.8 Å². The van der Waals surface area contributed by atoms with Crippen LogP contribution in [-0.4, -0.2) is 77.0 Å². The number of aromatic amines is 2. The van der Waals surface area contributed by atoms with Crippen LogP contribution in [0.2, 0.25) is 0 Å². The van der Waals surface area contributed by atoms with Gasteiger partial charge in [0.2, 0.25) is 10.0 Å². The minimum absolute atomic E-state index is 0.00708. The number of fused-ring (bicyclic) bond motifs is 2. The SMILES string of the molecule is CN(C)CCOc1cncc(-c2cc3c(-c4nc5c([nH]4)C(C)(c4cc(F)cc(CNS(C)(=O)=O)c4)CC=C5)n[nH]c3cn2)c1. The maximum Gasteiger partial charge on any atom is 0.209 e. The lowest BCUT2D eigenvalue weighted by Gasteiger charge is -2.31. The zero-order valence-corrected chi connectivity index (χ0v) is 25.7. The Kier molecular flexibility index (Phi) is 7.78. The second-order valence-electron chi connectivity index (χ2n) is 11.5. The van der Waals surface area contributed by atoms with E-state index in [0.29, 0.717) is 47.1 Å². The summed E-state index contributed by atoms with van der Waals surface area (Å²) in [5, 5.41) is 8.43. The monoisotopic (exact) mass is 616 g/mol. The van der Waals surface area contributed by atoms with Gasteiger partial charge in [-0.15, -0.1) is 0 Å². The van der Waals surface area contributed by atoms with E-state index in [-0.39, 0.29) is 6.54 Å². The van der Waals surface area contributed by atoms with Crippen LogP contribution in [0.4, 0.5) is 4.39 Å². The minimum Gasteiger partial charge on any atom is -0.491 e. The normalized spacial score (nSPS) is 16.5. The maximum absolute atomic E-state index is 14.8. The van der Waals surface area contributed by atoms with Gasteiger partial charge >= 0.3 is 0 Å². The smallest absolute Gasteiger partial charge is 0.209 e. The molecule has 3 N–H and O–H groups in total. The zero-order chi connectivity index (χ0) is 31.1. The molecule has 6 rings (SSSR count). The molecule has 4 heterocycles. The predicted molar refractivity (Wildman–Crippen MR) is 167 cm³/mol. The third kappa shape index (κ3) is 6.11. The first-order valence-electron chi connectivity index (χ1n) is 14.1. The number of H-pyrrole nitrogens is 2. The summed E-state index contributed by atoms with van der Waals surface area (Å²) < 4.78 is 46.4. The molecule has 0 saturated carbocycles. The zero-order valence-electron chi connectivity index (χ0n) is 24.8. The number of nitrogens with one attached hydrogen (secondary N) is 3. The lowest BCUT2D eigenvalue weighted by molar-refractivity contribution is 0.261. The molecule has 0 aliphatic heterocycles. The second kappa shape index (κ2) is 11.6. The topological polar surface area (TPSA) is 142 Å². The molecule has 13 heteroatoms. The number of halogens is 1. The fraction of sp³-hybridized carbons (Fsp3) is 0.290. The first-order chi connectivity index (χ1) is 21.0. The van der Waals surface area contributed by atoms with Crippen molar-refractivity contribution in [3.63, 3.8) is 0 Å². The van der Waals surface area contributed by atoms with Crippen LogP contribution in [0.3, 0.4) is 0 Å². The number of nitrogens with zero attached hydrogens (tertiary/aromatic N) is 5. The molecule has 1 aromatic carbocycles. The average Bonchev–Trinajstić information content (AvgIpc) is 3.60. The van der Waals surface area contributed by atoms with Gasteiger partial charge in [0, 0.05) is 35.7 Å². The van der Waals surface area contributed by atoms with Gasteiger partial charge in [-0.2, -0.15) is 5.10 Å². The molecule has 44 heavy (non-hydrogen) atoms. The Morgan fingerprint density at radius 3 is 2.77 bits per heavy atom. The molecule has 1 unspecified atom stereocenters. The van der Waals surface area contributed by atoms with Gasteiger partial charge in [0.1, 0.15) is 23.9 Å². The van der Waals surface area contributed by atoms with E-state index < -0.39 is 21.3 Å². The van der Waals surface area contributed by atoms with Gasteiger partial charge in [0.05, 0.1) is 41.2 Å². The average molecular weight is 617 g/mol. The number of rotatable bonds is 10. The summed E-state index contributed by atoms with van der Waals surface area (Å²) in [6, 6.07) is 8.52. The van der Waals surface area contributed by atoms with Gasteiger partial charge in [0.15, 0.2) is 5.82 Å². The van der Waals surface area contributed by atoms with Crippen LogP contribution in [-0.2, 0) is 22.0 Å². The van der Waals surface area contributed by atoms with E-state index in [1.807, 2.05) is 56.3 Å². The van der Waals surface area contributed by atoms with E-state index in [4.69, 9.17) is 9.72 Å². The van der Waals surface area contributed by atoms with Gasteiger partial charge in [-0.3, -0.25) is 15.1 Å². The number of aromatic nitrogens is 6. The summed E-state index contributed by atoms with van der Waals surface area (Å²) in [5.41, 5.74) is 5.03. The van der Waals surface area contributed by atoms with E-state index in [1.165, 1.54) is 12.1 Å². The van der Waals surface area contributed by atoms with Gasteiger partial charge in [-0.25, -0.2) is 22.5 Å². The molecule has 11 nitrogen and oxygen atoms in total. The summed E-state index contributed by atoms with van der Waals surface area (Å²) in [6.07, 6.45) is 10.8. The van der Waals surface area contributed by atoms with E-state index in [0.717, 1.165) is 40.7 Å². The highest BCUT2D eigenvalue weighted by atomic mass is 32.2. The van der Waals surface area contributed by atoms with E-state index in [9.17, 15) is 12.8 Å². The van der Waals surface area contributed by atoms with E-state index in [2.05, 4.69) is 29.9 Å². The highest BCUT2D eigenvalue weighted by Crippen LogP contribution is 2.42. The number of benzene rings is 1. The number of hydrogen-bond donors (Lipinski definition) is 3. The van der Waals surface area contributed by atoms with Crippen LogP contribution in [0.5, 0.6) is 5.75 Å². The number of likely N-dealkylation sites (N-methyl/N-ethyl adjacent to an activating group) is 1. The van der Waals surface area contributed by atoms with Crippen LogP contribution in [0.15, 0.2) is 55.0 Å². The summed E-state index contributed by atoms with van der Waals surface area (Å²) in [6.45, 7) is 3.34. The Hall–Kier alpha value is -4.46. The fourth-order valence-corrected chi connectivity index (χ4v) is 5.76. The van der Waals surface area contributed by atoms with Gasteiger partial charge < -0.3 is 14.6 Å². The molecule has 0 spiro atoms. The van der Waals surface area contributed by atoms with Gasteiger partial charge in [-0.1, -0.05) is 12.1 Å². The third-order valence-electron chi connectivity index (χ3n) is 7.71. The molecule has 228 valence electrons. The number of hydrogen-bond acceptors (Lipinski definition) is 8. The molecule has 0 amide bonds. The van der Waals surface area contributed by atoms with Crippen molar-refractivity contribution in [3.05, 3.63) is 83.3 Å². The Bertz CT molecular complexity index is 1980. The van der Waals surface area contributed by atoms with Crippen molar-refractivity contribution < 1.29 is 17.5 Å². The Morgan fingerprint density at radius 2 is 1.98 bits per heavy atom. The van der Waals surface area contributed by atoms with Crippen molar-refractivity contribution in [2.24, 2.45) is 0 Å². The van der Waals surface area contributed by atoms with Crippen molar-refractivity contribution in [1.29, 1.82) is 0 Å². The highest BCUT2D eigenvalue weighted by molar-refractivity contribution is 7.88. The Labute approximate surface area is 254 Å².